The van der Waals surface area contributed by atoms with E-state index in [2.05, 4.69) is 15.1 Å². The fourth-order valence-corrected chi connectivity index (χ4v) is 5.96. The van der Waals surface area contributed by atoms with Gasteiger partial charge in [-0.25, -0.2) is 0 Å². The molecule has 3 N–H and O–H groups in total. The van der Waals surface area contributed by atoms with Gasteiger partial charge in [-0.15, -0.1) is 0 Å². The SMILES string of the molecule is NCC(=O)NCCCN1CCC(CCCN2c3ccccc3Sc3ccc(C(F)(F)F)cc32)CC1. The van der Waals surface area contributed by atoms with Crippen molar-refractivity contribution in [2.75, 3.05) is 44.2 Å². The fraction of sp³-hybridized carbons (Fsp3) is 0.500. The van der Waals surface area contributed by atoms with Crippen molar-refractivity contribution in [2.24, 2.45) is 11.7 Å². The molecule has 5 nitrogen and oxygen atoms in total. The number of nitrogens with one attached hydrogen (secondary N) is 1. The van der Waals surface area contributed by atoms with Gasteiger partial charge < -0.3 is 20.9 Å². The normalized spacial score (nSPS) is 16.6. The highest BCUT2D eigenvalue weighted by Gasteiger charge is 2.33. The molecular weight excluding hydrogens is 473 g/mol. The quantitative estimate of drug-likeness (QED) is 0.454. The van der Waals surface area contributed by atoms with Crippen LogP contribution in [0.1, 0.15) is 37.7 Å². The Morgan fingerprint density at radius 2 is 1.77 bits per heavy atom. The maximum absolute atomic E-state index is 13.4. The summed E-state index contributed by atoms with van der Waals surface area (Å²) in [5.41, 5.74) is 6.34. The van der Waals surface area contributed by atoms with E-state index in [1.807, 2.05) is 24.3 Å². The molecule has 1 amide bonds. The monoisotopic (exact) mass is 506 g/mol. The lowest BCUT2D eigenvalue weighted by Gasteiger charge is -2.35. The number of benzene rings is 2. The first-order chi connectivity index (χ1) is 16.8. The van der Waals surface area contributed by atoms with Crippen molar-refractivity contribution in [2.45, 2.75) is 48.1 Å². The van der Waals surface area contributed by atoms with E-state index < -0.39 is 11.7 Å². The number of halogens is 3. The van der Waals surface area contributed by atoms with Gasteiger partial charge in [0, 0.05) is 22.9 Å². The molecule has 0 unspecified atom stereocenters. The molecule has 190 valence electrons. The van der Waals surface area contributed by atoms with E-state index in [0.717, 1.165) is 67.2 Å². The molecule has 2 aliphatic heterocycles. The third-order valence-electron chi connectivity index (χ3n) is 6.81. The molecule has 0 atom stereocenters. The highest BCUT2D eigenvalue weighted by molar-refractivity contribution is 7.99. The van der Waals surface area contributed by atoms with Gasteiger partial charge in [0.25, 0.3) is 0 Å². The molecule has 2 aliphatic rings. The molecule has 0 radical (unpaired) electrons. The molecule has 0 saturated carbocycles. The predicted molar refractivity (Wildman–Crippen MR) is 134 cm³/mol. The van der Waals surface area contributed by atoms with Crippen LogP contribution in [0.25, 0.3) is 0 Å². The smallest absolute Gasteiger partial charge is 0.355 e. The Hall–Kier alpha value is -2.23. The number of hydrogen-bond acceptors (Lipinski definition) is 5. The summed E-state index contributed by atoms with van der Waals surface area (Å²) >= 11 is 1.53. The topological polar surface area (TPSA) is 61.6 Å². The van der Waals surface area contributed by atoms with E-state index in [0.29, 0.717) is 24.7 Å². The number of amides is 1. The Labute approximate surface area is 209 Å². The number of carbonyl (C=O) groups excluding carboxylic acids is 1. The van der Waals surface area contributed by atoms with E-state index in [-0.39, 0.29) is 12.5 Å². The molecular formula is C26H33F3N4OS. The van der Waals surface area contributed by atoms with Gasteiger partial charge in [-0.1, -0.05) is 23.9 Å². The molecule has 2 aromatic carbocycles. The van der Waals surface area contributed by atoms with Crippen LogP contribution in [0.5, 0.6) is 0 Å². The van der Waals surface area contributed by atoms with Crippen LogP contribution in [-0.4, -0.2) is 50.1 Å². The van der Waals surface area contributed by atoms with Gasteiger partial charge in [0.1, 0.15) is 0 Å². The van der Waals surface area contributed by atoms with Gasteiger partial charge in [-0.2, -0.15) is 13.2 Å². The standard InChI is InChI=1S/C26H33F3N4OS/c27-26(28,29)20-8-9-24-22(17-20)33(21-6-1-2-7-23(21)35-24)14-3-5-19-10-15-32(16-11-19)13-4-12-31-25(34)18-30/h1-2,6-9,17,19H,3-5,10-16,18,30H2,(H,31,34). The summed E-state index contributed by atoms with van der Waals surface area (Å²) in [6, 6.07) is 12.0. The van der Waals surface area contributed by atoms with Crippen LogP contribution in [-0.2, 0) is 11.0 Å². The number of carbonyl (C=O) groups is 1. The van der Waals surface area contributed by atoms with Crippen molar-refractivity contribution in [3.63, 3.8) is 0 Å². The van der Waals surface area contributed by atoms with Crippen molar-refractivity contribution in [3.8, 4) is 0 Å². The summed E-state index contributed by atoms with van der Waals surface area (Å²) in [7, 11) is 0. The summed E-state index contributed by atoms with van der Waals surface area (Å²) in [6.45, 7) is 4.46. The molecule has 0 bridgehead atoms. The molecule has 0 aromatic heterocycles. The molecule has 2 heterocycles. The number of fused-ring (bicyclic) bond motifs is 2. The number of nitrogens with zero attached hydrogens (tertiary/aromatic N) is 2. The van der Waals surface area contributed by atoms with E-state index in [1.165, 1.54) is 23.9 Å². The molecule has 1 fully saturated rings. The average molecular weight is 507 g/mol. The largest absolute Gasteiger partial charge is 0.416 e. The zero-order chi connectivity index (χ0) is 24.8. The van der Waals surface area contributed by atoms with Gasteiger partial charge in [-0.05, 0) is 88.0 Å². The van der Waals surface area contributed by atoms with Crippen LogP contribution >= 0.6 is 11.8 Å². The zero-order valence-electron chi connectivity index (χ0n) is 19.8. The average Bonchev–Trinajstić information content (AvgIpc) is 2.86. The van der Waals surface area contributed by atoms with E-state index in [4.69, 9.17) is 5.73 Å². The minimum Gasteiger partial charge on any atom is -0.355 e. The number of nitrogens with two attached hydrogens (primary N) is 1. The highest BCUT2D eigenvalue weighted by Crippen LogP contribution is 2.49. The van der Waals surface area contributed by atoms with Crippen LogP contribution in [0.2, 0.25) is 0 Å². The van der Waals surface area contributed by atoms with Crippen LogP contribution in [0.3, 0.4) is 0 Å². The molecule has 4 rings (SSSR count). The lowest BCUT2D eigenvalue weighted by atomic mass is 9.92. The Balaban J connectivity index is 1.30. The fourth-order valence-electron chi connectivity index (χ4n) is 4.89. The number of piperidine rings is 1. The first-order valence-corrected chi connectivity index (χ1v) is 13.1. The molecule has 0 aliphatic carbocycles. The van der Waals surface area contributed by atoms with Crippen molar-refractivity contribution >= 4 is 29.0 Å². The number of rotatable bonds is 9. The van der Waals surface area contributed by atoms with Crippen molar-refractivity contribution in [1.29, 1.82) is 0 Å². The second-order valence-electron chi connectivity index (χ2n) is 9.24. The number of likely N-dealkylation sites (tertiary alicyclic amines) is 1. The molecule has 2 aromatic rings. The summed E-state index contributed by atoms with van der Waals surface area (Å²) < 4.78 is 40.2. The summed E-state index contributed by atoms with van der Waals surface area (Å²) in [5.74, 6) is 0.523. The minimum absolute atomic E-state index is 0.0301. The van der Waals surface area contributed by atoms with Gasteiger partial charge >= 0.3 is 6.18 Å². The second-order valence-corrected chi connectivity index (χ2v) is 10.3. The summed E-state index contributed by atoms with van der Waals surface area (Å²) in [5, 5.41) is 2.81. The minimum atomic E-state index is -4.35. The third-order valence-corrected chi connectivity index (χ3v) is 7.94. The second kappa shape index (κ2) is 11.7. The Kier molecular flexibility index (Phi) is 8.62. The summed E-state index contributed by atoms with van der Waals surface area (Å²) in [4.78, 5) is 17.7. The lowest BCUT2D eigenvalue weighted by molar-refractivity contribution is -0.137. The van der Waals surface area contributed by atoms with E-state index >= 15 is 0 Å². The van der Waals surface area contributed by atoms with Gasteiger partial charge in [0.2, 0.25) is 5.91 Å². The van der Waals surface area contributed by atoms with Gasteiger partial charge in [0.15, 0.2) is 0 Å². The van der Waals surface area contributed by atoms with Crippen molar-refractivity contribution < 1.29 is 18.0 Å². The maximum atomic E-state index is 13.4. The molecule has 1 saturated heterocycles. The Morgan fingerprint density at radius 3 is 2.51 bits per heavy atom. The lowest BCUT2D eigenvalue weighted by Crippen LogP contribution is -2.37. The predicted octanol–water partition coefficient (Wildman–Crippen LogP) is 5.27. The number of para-hydroxylation sites is 1. The van der Waals surface area contributed by atoms with Gasteiger partial charge in [0.05, 0.1) is 23.5 Å². The Morgan fingerprint density at radius 1 is 1.03 bits per heavy atom. The summed E-state index contributed by atoms with van der Waals surface area (Å²) in [6.07, 6.45) is 0.839. The number of anilines is 2. The van der Waals surface area contributed by atoms with Crippen LogP contribution in [0, 0.1) is 5.92 Å². The van der Waals surface area contributed by atoms with Crippen LogP contribution in [0.4, 0.5) is 24.5 Å². The van der Waals surface area contributed by atoms with Crippen LogP contribution < -0.4 is 16.0 Å². The maximum Gasteiger partial charge on any atom is 0.416 e. The molecule has 9 heteroatoms. The van der Waals surface area contributed by atoms with Crippen molar-refractivity contribution in [3.05, 3.63) is 48.0 Å². The molecule has 35 heavy (non-hydrogen) atoms. The van der Waals surface area contributed by atoms with E-state index in [9.17, 15) is 18.0 Å². The zero-order valence-corrected chi connectivity index (χ0v) is 20.6. The molecule has 0 spiro atoms. The van der Waals surface area contributed by atoms with Crippen LogP contribution in [0.15, 0.2) is 52.3 Å². The highest BCUT2D eigenvalue weighted by atomic mass is 32.2. The van der Waals surface area contributed by atoms with Gasteiger partial charge in [-0.3, -0.25) is 4.79 Å². The Bertz CT molecular complexity index is 1010. The third kappa shape index (κ3) is 6.71. The number of alkyl halides is 3. The number of hydrogen-bond donors (Lipinski definition) is 2. The first-order valence-electron chi connectivity index (χ1n) is 12.3. The first kappa shape index (κ1) is 25.9. The van der Waals surface area contributed by atoms with Crippen molar-refractivity contribution in [1.82, 2.24) is 10.2 Å². The van der Waals surface area contributed by atoms with E-state index in [1.54, 1.807) is 6.07 Å².